The number of aromatic nitrogens is 3. The van der Waals surface area contributed by atoms with Gasteiger partial charge in [-0.25, -0.2) is 19.7 Å². The lowest BCUT2D eigenvalue weighted by Gasteiger charge is -2.09. The Bertz CT molecular complexity index is 651. The largest absolute Gasteiger partial charge is 0.468 e. The van der Waals surface area contributed by atoms with E-state index in [1.165, 1.54) is 12.1 Å². The first kappa shape index (κ1) is 17.4. The summed E-state index contributed by atoms with van der Waals surface area (Å²) in [5, 5.41) is 2.85. The van der Waals surface area contributed by atoms with Crippen molar-refractivity contribution in [3.63, 3.8) is 0 Å². The lowest BCUT2D eigenvalue weighted by molar-refractivity contribution is -0.154. The van der Waals surface area contributed by atoms with Gasteiger partial charge in [0.1, 0.15) is 6.61 Å². The first-order valence-electron chi connectivity index (χ1n) is 6.78. The third-order valence-electron chi connectivity index (χ3n) is 2.54. The second-order valence-electron chi connectivity index (χ2n) is 4.42. The fourth-order valence-corrected chi connectivity index (χ4v) is 1.52. The Kier molecular flexibility index (Phi) is 5.88. The maximum atomic E-state index is 12.0. The molecule has 0 bridgehead atoms. The molecule has 0 radical (unpaired) electrons. The molecule has 2 heterocycles. The van der Waals surface area contributed by atoms with Gasteiger partial charge >= 0.3 is 12.1 Å². The third kappa shape index (κ3) is 6.07. The van der Waals surface area contributed by atoms with Crippen LogP contribution >= 0.6 is 0 Å². The molecule has 1 N–H and O–H groups in total. The highest BCUT2D eigenvalue weighted by atomic mass is 19.4. The fourth-order valence-electron chi connectivity index (χ4n) is 1.52. The number of carbonyl (C=O) groups excluding carboxylic acids is 1. The number of nitrogens with one attached hydrogen (secondary N) is 1. The standard InChI is InChI=1S/C14H13F3N4O3/c15-14(16,17)9-24-11-3-2-10(8-21-11)12(22)23-7-6-20-13-18-4-1-5-19-13/h1-5,8H,6-7,9H2,(H,18,19,20). The molecular weight excluding hydrogens is 329 g/mol. The van der Waals surface area contributed by atoms with Crippen LogP contribution < -0.4 is 10.1 Å². The molecule has 10 heteroatoms. The summed E-state index contributed by atoms with van der Waals surface area (Å²) < 4.78 is 45.4. The Morgan fingerprint density at radius 3 is 2.54 bits per heavy atom. The van der Waals surface area contributed by atoms with Crippen LogP contribution in [0.2, 0.25) is 0 Å². The highest BCUT2D eigenvalue weighted by Gasteiger charge is 2.28. The lowest BCUT2D eigenvalue weighted by Crippen LogP contribution is -2.19. The van der Waals surface area contributed by atoms with Crippen molar-refractivity contribution in [2.45, 2.75) is 6.18 Å². The fraction of sp³-hybridized carbons (Fsp3) is 0.286. The first-order chi connectivity index (χ1) is 11.4. The Morgan fingerprint density at radius 1 is 1.17 bits per heavy atom. The molecular formula is C14H13F3N4O3. The van der Waals surface area contributed by atoms with Crippen molar-refractivity contribution in [1.82, 2.24) is 15.0 Å². The van der Waals surface area contributed by atoms with Crippen LogP contribution in [0.25, 0.3) is 0 Å². The molecule has 0 spiro atoms. The van der Waals surface area contributed by atoms with E-state index in [0.717, 1.165) is 6.20 Å². The molecule has 7 nitrogen and oxygen atoms in total. The molecule has 0 saturated carbocycles. The Morgan fingerprint density at radius 2 is 1.92 bits per heavy atom. The average molecular weight is 342 g/mol. The third-order valence-corrected chi connectivity index (χ3v) is 2.54. The van der Waals surface area contributed by atoms with Gasteiger partial charge in [-0.05, 0) is 12.1 Å². The molecule has 0 aromatic carbocycles. The zero-order valence-electron chi connectivity index (χ0n) is 12.3. The van der Waals surface area contributed by atoms with Gasteiger partial charge in [0.2, 0.25) is 11.8 Å². The monoisotopic (exact) mass is 342 g/mol. The van der Waals surface area contributed by atoms with Crippen molar-refractivity contribution in [1.29, 1.82) is 0 Å². The molecule has 0 aliphatic heterocycles. The van der Waals surface area contributed by atoms with Crippen LogP contribution in [-0.2, 0) is 4.74 Å². The molecule has 0 unspecified atom stereocenters. The second-order valence-corrected chi connectivity index (χ2v) is 4.42. The van der Waals surface area contributed by atoms with Gasteiger partial charge in [0.15, 0.2) is 6.61 Å². The van der Waals surface area contributed by atoms with Gasteiger partial charge in [0.25, 0.3) is 0 Å². The average Bonchev–Trinajstić information content (AvgIpc) is 2.57. The van der Waals surface area contributed by atoms with Crippen LogP contribution in [0.15, 0.2) is 36.8 Å². The molecule has 0 fully saturated rings. The van der Waals surface area contributed by atoms with Crippen LogP contribution in [0.1, 0.15) is 10.4 Å². The van der Waals surface area contributed by atoms with Crippen molar-refractivity contribution in [3.05, 3.63) is 42.4 Å². The van der Waals surface area contributed by atoms with E-state index in [2.05, 4.69) is 25.0 Å². The molecule has 128 valence electrons. The summed E-state index contributed by atoms with van der Waals surface area (Å²) in [6.45, 7) is -1.09. The first-order valence-corrected chi connectivity index (χ1v) is 6.78. The zero-order chi connectivity index (χ0) is 17.4. The van der Waals surface area contributed by atoms with Crippen LogP contribution in [-0.4, -0.2) is 46.9 Å². The van der Waals surface area contributed by atoms with E-state index < -0.39 is 18.8 Å². The maximum absolute atomic E-state index is 12.0. The van der Waals surface area contributed by atoms with Gasteiger partial charge in [-0.1, -0.05) is 0 Å². The van der Waals surface area contributed by atoms with Gasteiger partial charge in [0.05, 0.1) is 12.1 Å². The minimum Gasteiger partial charge on any atom is -0.468 e. The predicted octanol–water partition coefficient (Wildman–Crippen LogP) is 2.08. The number of rotatable bonds is 7. The van der Waals surface area contributed by atoms with Crippen molar-refractivity contribution in [2.75, 3.05) is 25.1 Å². The molecule has 2 rings (SSSR count). The molecule has 0 atom stereocenters. The van der Waals surface area contributed by atoms with Crippen LogP contribution in [0.5, 0.6) is 5.88 Å². The number of nitrogens with zero attached hydrogens (tertiary/aromatic N) is 3. The molecule has 2 aromatic rings. The van der Waals surface area contributed by atoms with E-state index >= 15 is 0 Å². The normalized spacial score (nSPS) is 11.0. The number of ether oxygens (including phenoxy) is 2. The summed E-state index contributed by atoms with van der Waals surface area (Å²) in [6, 6.07) is 4.10. The van der Waals surface area contributed by atoms with E-state index in [-0.39, 0.29) is 18.1 Å². The summed E-state index contributed by atoms with van der Waals surface area (Å²) in [5.74, 6) is -0.478. The minimum atomic E-state index is -4.45. The number of halogens is 3. The number of esters is 1. The van der Waals surface area contributed by atoms with Crippen molar-refractivity contribution >= 4 is 11.9 Å². The topological polar surface area (TPSA) is 86.2 Å². The Balaban J connectivity index is 1.74. The molecule has 0 saturated heterocycles. The Hall–Kier alpha value is -2.91. The van der Waals surface area contributed by atoms with Gasteiger partial charge in [-0.2, -0.15) is 13.2 Å². The van der Waals surface area contributed by atoms with Crippen LogP contribution in [0.3, 0.4) is 0 Å². The lowest BCUT2D eigenvalue weighted by atomic mass is 10.3. The van der Waals surface area contributed by atoms with E-state index in [0.29, 0.717) is 12.5 Å². The van der Waals surface area contributed by atoms with Gasteiger partial charge < -0.3 is 14.8 Å². The summed E-state index contributed by atoms with van der Waals surface area (Å²) in [4.78, 5) is 23.2. The van der Waals surface area contributed by atoms with Gasteiger partial charge in [-0.3, -0.25) is 0 Å². The van der Waals surface area contributed by atoms with Crippen molar-refractivity contribution < 1.29 is 27.4 Å². The number of pyridine rings is 1. The summed E-state index contributed by atoms with van der Waals surface area (Å²) >= 11 is 0. The van der Waals surface area contributed by atoms with Gasteiger partial charge in [0, 0.05) is 24.7 Å². The zero-order valence-corrected chi connectivity index (χ0v) is 12.3. The van der Waals surface area contributed by atoms with E-state index in [1.54, 1.807) is 18.5 Å². The van der Waals surface area contributed by atoms with Crippen LogP contribution in [0.4, 0.5) is 19.1 Å². The molecule has 0 aliphatic rings. The minimum absolute atomic E-state index is 0.0589. The maximum Gasteiger partial charge on any atom is 0.422 e. The molecule has 24 heavy (non-hydrogen) atoms. The molecule has 0 aliphatic carbocycles. The SMILES string of the molecule is O=C(OCCNc1ncccn1)c1ccc(OCC(F)(F)F)nc1. The highest BCUT2D eigenvalue weighted by molar-refractivity contribution is 5.89. The van der Waals surface area contributed by atoms with E-state index in [4.69, 9.17) is 4.74 Å². The summed E-state index contributed by atoms with van der Waals surface area (Å²) in [6.07, 6.45) is -0.235. The second kappa shape index (κ2) is 8.09. The van der Waals surface area contributed by atoms with E-state index in [9.17, 15) is 18.0 Å². The summed E-state index contributed by atoms with van der Waals surface area (Å²) in [7, 11) is 0. The quantitative estimate of drug-likeness (QED) is 0.609. The number of hydrogen-bond acceptors (Lipinski definition) is 7. The number of carbonyl (C=O) groups is 1. The van der Waals surface area contributed by atoms with Crippen molar-refractivity contribution in [2.24, 2.45) is 0 Å². The molecule has 0 amide bonds. The summed E-state index contributed by atoms with van der Waals surface area (Å²) in [5.41, 5.74) is 0.102. The Labute approximate surface area is 134 Å². The number of hydrogen-bond donors (Lipinski definition) is 1. The highest BCUT2D eigenvalue weighted by Crippen LogP contribution is 2.17. The van der Waals surface area contributed by atoms with E-state index in [1.807, 2.05) is 0 Å². The van der Waals surface area contributed by atoms with Crippen LogP contribution in [0, 0.1) is 0 Å². The number of anilines is 1. The number of alkyl halides is 3. The predicted molar refractivity (Wildman–Crippen MR) is 76.6 cm³/mol. The smallest absolute Gasteiger partial charge is 0.422 e. The van der Waals surface area contributed by atoms with Gasteiger partial charge in [-0.15, -0.1) is 0 Å². The molecule has 2 aromatic heterocycles. The van der Waals surface area contributed by atoms with Crippen molar-refractivity contribution in [3.8, 4) is 5.88 Å².